The average molecular weight is 209 g/mol. The van der Waals surface area contributed by atoms with Gasteiger partial charge in [-0.25, -0.2) is 4.79 Å². The molecule has 0 radical (unpaired) electrons. The summed E-state index contributed by atoms with van der Waals surface area (Å²) in [7, 11) is 0. The van der Waals surface area contributed by atoms with Gasteiger partial charge in [0.05, 0.1) is 6.42 Å². The quantitative estimate of drug-likeness (QED) is 0.702. The molecule has 0 saturated heterocycles. The van der Waals surface area contributed by atoms with E-state index in [9.17, 15) is 9.59 Å². The highest BCUT2D eigenvalue weighted by Crippen LogP contribution is 2.15. The van der Waals surface area contributed by atoms with E-state index in [4.69, 9.17) is 10.8 Å². The van der Waals surface area contributed by atoms with Crippen LogP contribution in [0.2, 0.25) is 0 Å². The molecule has 0 aromatic carbocycles. The van der Waals surface area contributed by atoms with Gasteiger partial charge in [0, 0.05) is 5.56 Å². The van der Waals surface area contributed by atoms with Gasteiger partial charge in [0.2, 0.25) is 5.91 Å². The summed E-state index contributed by atoms with van der Waals surface area (Å²) in [5, 5.41) is 10.4. The van der Waals surface area contributed by atoms with Crippen molar-refractivity contribution >= 4 is 23.2 Å². The van der Waals surface area contributed by atoms with E-state index in [2.05, 4.69) is 11.8 Å². The third-order valence-electron chi connectivity index (χ3n) is 1.35. The maximum absolute atomic E-state index is 10.6. The van der Waals surface area contributed by atoms with E-state index < -0.39 is 11.9 Å². The van der Waals surface area contributed by atoms with Crippen LogP contribution in [0.4, 0.5) is 0 Å². The van der Waals surface area contributed by atoms with Crippen LogP contribution >= 0.6 is 11.3 Å². The molecule has 0 bridgehead atoms. The molecule has 4 nitrogen and oxygen atoms in total. The summed E-state index contributed by atoms with van der Waals surface area (Å²) >= 11 is 1.10. The lowest BCUT2D eigenvalue weighted by atomic mass is 10.2. The lowest BCUT2D eigenvalue weighted by Gasteiger charge is -1.87. The van der Waals surface area contributed by atoms with Crippen LogP contribution in [-0.2, 0) is 4.79 Å². The minimum atomic E-state index is -1.01. The molecule has 0 atom stereocenters. The van der Waals surface area contributed by atoms with Crippen molar-refractivity contribution in [2.75, 3.05) is 0 Å². The van der Waals surface area contributed by atoms with E-state index in [1.54, 1.807) is 11.4 Å². The molecular weight excluding hydrogens is 202 g/mol. The van der Waals surface area contributed by atoms with E-state index in [0.29, 0.717) is 5.56 Å². The van der Waals surface area contributed by atoms with Gasteiger partial charge in [0.15, 0.2) is 0 Å². The van der Waals surface area contributed by atoms with Crippen LogP contribution in [0.15, 0.2) is 11.4 Å². The van der Waals surface area contributed by atoms with Crippen LogP contribution in [0.25, 0.3) is 0 Å². The Morgan fingerprint density at radius 2 is 2.29 bits per heavy atom. The Bertz CT molecular complexity index is 425. The Hall–Kier alpha value is -1.80. The van der Waals surface area contributed by atoms with Crippen molar-refractivity contribution in [3.63, 3.8) is 0 Å². The minimum Gasteiger partial charge on any atom is -0.477 e. The number of thiophene rings is 1. The van der Waals surface area contributed by atoms with Crippen LogP contribution in [0, 0.1) is 11.8 Å². The minimum absolute atomic E-state index is 0.0606. The Balaban J connectivity index is 2.84. The summed E-state index contributed by atoms with van der Waals surface area (Å²) in [5.41, 5.74) is 5.29. The molecule has 1 heterocycles. The molecule has 1 aromatic rings. The highest BCUT2D eigenvalue weighted by atomic mass is 32.1. The number of aromatic carboxylic acids is 1. The van der Waals surface area contributed by atoms with Gasteiger partial charge in [0.1, 0.15) is 4.88 Å². The summed E-state index contributed by atoms with van der Waals surface area (Å²) < 4.78 is 0. The van der Waals surface area contributed by atoms with Crippen molar-refractivity contribution in [1.82, 2.24) is 0 Å². The van der Waals surface area contributed by atoms with E-state index in [0.717, 1.165) is 11.3 Å². The van der Waals surface area contributed by atoms with E-state index >= 15 is 0 Å². The van der Waals surface area contributed by atoms with Crippen LogP contribution in [0.5, 0.6) is 0 Å². The Morgan fingerprint density at radius 1 is 1.57 bits per heavy atom. The second-order valence-electron chi connectivity index (χ2n) is 2.41. The Labute approximate surface area is 84.4 Å². The van der Waals surface area contributed by atoms with Crippen molar-refractivity contribution in [3.05, 3.63) is 21.9 Å². The highest BCUT2D eigenvalue weighted by molar-refractivity contribution is 7.12. The number of carbonyl (C=O) groups excluding carboxylic acids is 1. The number of carboxylic acids is 1. The number of hydrogen-bond acceptors (Lipinski definition) is 3. The van der Waals surface area contributed by atoms with Gasteiger partial charge in [-0.3, -0.25) is 4.79 Å². The molecule has 0 unspecified atom stereocenters. The summed E-state index contributed by atoms with van der Waals surface area (Å²) in [6, 6.07) is 1.60. The molecule has 0 aliphatic carbocycles. The van der Waals surface area contributed by atoms with Gasteiger partial charge < -0.3 is 10.8 Å². The van der Waals surface area contributed by atoms with E-state index in [1.807, 2.05) is 0 Å². The fourth-order valence-corrected chi connectivity index (χ4v) is 1.49. The first-order valence-corrected chi connectivity index (χ1v) is 4.57. The van der Waals surface area contributed by atoms with Crippen LogP contribution < -0.4 is 5.73 Å². The predicted octanol–water partition coefficient (Wildman–Crippen LogP) is 0.673. The lowest BCUT2D eigenvalue weighted by molar-refractivity contribution is -0.117. The monoisotopic (exact) mass is 209 g/mol. The molecule has 0 aliphatic rings. The Morgan fingerprint density at radius 3 is 2.86 bits per heavy atom. The summed E-state index contributed by atoms with van der Waals surface area (Å²) in [5.74, 6) is 3.55. The molecule has 1 aromatic heterocycles. The number of carbonyl (C=O) groups is 2. The first-order chi connectivity index (χ1) is 6.61. The third kappa shape index (κ3) is 2.61. The molecule has 1 amide bonds. The zero-order valence-electron chi connectivity index (χ0n) is 7.11. The van der Waals surface area contributed by atoms with Crippen molar-refractivity contribution in [3.8, 4) is 11.8 Å². The maximum atomic E-state index is 10.6. The van der Waals surface area contributed by atoms with Crippen molar-refractivity contribution < 1.29 is 14.7 Å². The summed E-state index contributed by atoms with van der Waals surface area (Å²) in [6.45, 7) is 0. The average Bonchev–Trinajstić information content (AvgIpc) is 2.51. The number of rotatable bonds is 2. The van der Waals surface area contributed by atoms with Crippen LogP contribution in [-0.4, -0.2) is 17.0 Å². The number of amides is 1. The number of primary amides is 1. The second kappa shape index (κ2) is 4.44. The molecule has 0 aliphatic heterocycles. The van der Waals surface area contributed by atoms with Crippen molar-refractivity contribution in [2.24, 2.45) is 5.73 Å². The molecule has 14 heavy (non-hydrogen) atoms. The number of nitrogens with two attached hydrogens (primary N) is 1. The highest BCUT2D eigenvalue weighted by Gasteiger charge is 2.08. The van der Waals surface area contributed by atoms with E-state index in [1.165, 1.54) is 0 Å². The molecule has 72 valence electrons. The molecular formula is C9H7NO3S. The lowest BCUT2D eigenvalue weighted by Crippen LogP contribution is -2.08. The topological polar surface area (TPSA) is 80.4 Å². The number of hydrogen-bond donors (Lipinski definition) is 2. The van der Waals surface area contributed by atoms with Gasteiger partial charge in [-0.1, -0.05) is 11.8 Å². The first kappa shape index (κ1) is 10.3. The van der Waals surface area contributed by atoms with Crippen molar-refractivity contribution in [1.29, 1.82) is 0 Å². The molecule has 5 heteroatoms. The third-order valence-corrected chi connectivity index (χ3v) is 2.25. The van der Waals surface area contributed by atoms with Crippen LogP contribution in [0.1, 0.15) is 21.7 Å². The van der Waals surface area contributed by atoms with Crippen LogP contribution in [0.3, 0.4) is 0 Å². The van der Waals surface area contributed by atoms with Crippen molar-refractivity contribution in [2.45, 2.75) is 6.42 Å². The molecule has 0 saturated carbocycles. The fraction of sp³-hybridized carbons (Fsp3) is 0.111. The second-order valence-corrected chi connectivity index (χ2v) is 3.33. The zero-order valence-corrected chi connectivity index (χ0v) is 7.93. The maximum Gasteiger partial charge on any atom is 0.347 e. The predicted molar refractivity (Wildman–Crippen MR) is 52.0 cm³/mol. The first-order valence-electron chi connectivity index (χ1n) is 3.69. The largest absolute Gasteiger partial charge is 0.477 e. The normalized spacial score (nSPS) is 8.86. The van der Waals surface area contributed by atoms with E-state index in [-0.39, 0.29) is 11.3 Å². The van der Waals surface area contributed by atoms with Gasteiger partial charge in [-0.15, -0.1) is 11.3 Å². The van der Waals surface area contributed by atoms with Gasteiger partial charge in [-0.2, -0.15) is 0 Å². The molecule has 3 N–H and O–H groups in total. The SMILES string of the molecule is NC(=O)CC#Cc1ccsc1C(=O)O. The smallest absolute Gasteiger partial charge is 0.347 e. The van der Waals surface area contributed by atoms with Gasteiger partial charge in [0.25, 0.3) is 0 Å². The Kier molecular flexibility index (Phi) is 3.26. The number of carboxylic acid groups (broad SMARTS) is 1. The molecule has 0 spiro atoms. The van der Waals surface area contributed by atoms with Gasteiger partial charge in [-0.05, 0) is 11.4 Å². The molecule has 1 rings (SSSR count). The molecule has 0 fully saturated rings. The zero-order chi connectivity index (χ0) is 10.6. The fourth-order valence-electron chi connectivity index (χ4n) is 0.800. The van der Waals surface area contributed by atoms with Gasteiger partial charge >= 0.3 is 5.97 Å². The summed E-state index contributed by atoms with van der Waals surface area (Å²) in [6.07, 6.45) is -0.0606. The summed E-state index contributed by atoms with van der Waals surface area (Å²) in [4.78, 5) is 21.2. The standard InChI is InChI=1S/C9H7NO3S/c10-7(11)3-1-2-6-4-5-14-8(6)9(12)13/h4-5H,3H2,(H2,10,11)(H,12,13).